The van der Waals surface area contributed by atoms with Gasteiger partial charge in [-0.05, 0) is 25.1 Å². The minimum Gasteiger partial charge on any atom is -0.487 e. The van der Waals surface area contributed by atoms with Gasteiger partial charge in [0, 0.05) is 28.4 Å². The standard InChI is InChI=1S/C14H13ClN2O2S/c1-9(18)12-6-10(15)2-3-13(12)19-8-11-7-17-4-5-20-14(17)16-11/h2-7,9,18H,8H2,1H3/t9-/m1/s1. The van der Waals surface area contributed by atoms with Crippen LogP contribution in [0.15, 0.2) is 36.0 Å². The van der Waals surface area contributed by atoms with Crippen molar-refractivity contribution in [1.82, 2.24) is 9.38 Å². The van der Waals surface area contributed by atoms with Gasteiger partial charge in [-0.15, -0.1) is 11.3 Å². The number of aliphatic hydroxyl groups is 1. The molecule has 0 saturated heterocycles. The first-order valence-electron chi connectivity index (χ1n) is 6.15. The van der Waals surface area contributed by atoms with Crippen LogP contribution in [0.4, 0.5) is 0 Å². The second kappa shape index (κ2) is 5.44. The molecule has 0 radical (unpaired) electrons. The number of rotatable bonds is 4. The summed E-state index contributed by atoms with van der Waals surface area (Å²) in [5.74, 6) is 0.626. The number of benzene rings is 1. The normalized spacial score (nSPS) is 12.8. The molecule has 0 saturated carbocycles. The zero-order chi connectivity index (χ0) is 14.1. The number of aliphatic hydroxyl groups excluding tert-OH is 1. The zero-order valence-electron chi connectivity index (χ0n) is 10.8. The molecule has 0 aliphatic rings. The molecule has 4 nitrogen and oxygen atoms in total. The third-order valence-electron chi connectivity index (χ3n) is 2.94. The summed E-state index contributed by atoms with van der Waals surface area (Å²) in [6.45, 7) is 2.04. The summed E-state index contributed by atoms with van der Waals surface area (Å²) >= 11 is 7.51. The van der Waals surface area contributed by atoms with E-state index in [2.05, 4.69) is 4.98 Å². The molecule has 2 heterocycles. The molecule has 104 valence electrons. The Kier molecular flexibility index (Phi) is 3.65. The average Bonchev–Trinajstić information content (AvgIpc) is 2.97. The summed E-state index contributed by atoms with van der Waals surface area (Å²) < 4.78 is 7.71. The van der Waals surface area contributed by atoms with Gasteiger partial charge in [0.1, 0.15) is 12.4 Å². The second-order valence-electron chi connectivity index (χ2n) is 4.47. The molecule has 20 heavy (non-hydrogen) atoms. The Morgan fingerprint density at radius 3 is 3.10 bits per heavy atom. The highest BCUT2D eigenvalue weighted by atomic mass is 35.5. The van der Waals surface area contributed by atoms with Crippen molar-refractivity contribution < 1.29 is 9.84 Å². The maximum Gasteiger partial charge on any atom is 0.193 e. The van der Waals surface area contributed by atoms with E-state index in [1.165, 1.54) is 0 Å². The first kappa shape index (κ1) is 13.4. The van der Waals surface area contributed by atoms with Gasteiger partial charge in [0.15, 0.2) is 4.96 Å². The van der Waals surface area contributed by atoms with Gasteiger partial charge in [0.05, 0.1) is 11.8 Å². The maximum absolute atomic E-state index is 9.75. The number of ether oxygens (including phenoxy) is 1. The molecular weight excluding hydrogens is 296 g/mol. The first-order chi connectivity index (χ1) is 9.63. The van der Waals surface area contributed by atoms with E-state index in [4.69, 9.17) is 16.3 Å². The predicted octanol–water partition coefficient (Wildman–Crippen LogP) is 3.68. The molecular formula is C14H13ClN2O2S. The van der Waals surface area contributed by atoms with Crippen LogP contribution in [0.2, 0.25) is 5.02 Å². The lowest BCUT2D eigenvalue weighted by atomic mass is 10.1. The number of thiazole rings is 1. The minimum atomic E-state index is -0.630. The summed E-state index contributed by atoms with van der Waals surface area (Å²) in [7, 11) is 0. The number of nitrogens with zero attached hydrogens (tertiary/aromatic N) is 2. The molecule has 0 fully saturated rings. The van der Waals surface area contributed by atoms with Crippen molar-refractivity contribution in [1.29, 1.82) is 0 Å². The van der Waals surface area contributed by atoms with E-state index in [9.17, 15) is 5.11 Å². The van der Waals surface area contributed by atoms with E-state index in [0.717, 1.165) is 10.7 Å². The SMILES string of the molecule is C[C@@H](O)c1cc(Cl)ccc1OCc1cn2ccsc2n1. The summed E-state index contributed by atoms with van der Waals surface area (Å²) in [5.41, 5.74) is 1.53. The molecule has 3 rings (SSSR count). The minimum absolute atomic E-state index is 0.357. The zero-order valence-corrected chi connectivity index (χ0v) is 12.4. The number of halogens is 1. The van der Waals surface area contributed by atoms with E-state index >= 15 is 0 Å². The molecule has 0 amide bonds. The van der Waals surface area contributed by atoms with Gasteiger partial charge in [0.25, 0.3) is 0 Å². The Hall–Kier alpha value is -1.56. The molecule has 1 N–H and O–H groups in total. The summed E-state index contributed by atoms with van der Waals surface area (Å²) in [5, 5.41) is 12.3. The topological polar surface area (TPSA) is 46.8 Å². The predicted molar refractivity (Wildman–Crippen MR) is 79.5 cm³/mol. The Balaban J connectivity index is 1.79. The van der Waals surface area contributed by atoms with Gasteiger partial charge in [-0.25, -0.2) is 4.98 Å². The number of hydrogen-bond donors (Lipinski definition) is 1. The highest BCUT2D eigenvalue weighted by Crippen LogP contribution is 2.29. The fraction of sp³-hybridized carbons (Fsp3) is 0.214. The molecule has 0 spiro atoms. The van der Waals surface area contributed by atoms with Crippen molar-refractivity contribution >= 4 is 27.9 Å². The lowest BCUT2D eigenvalue weighted by Crippen LogP contribution is -2.01. The highest BCUT2D eigenvalue weighted by molar-refractivity contribution is 7.15. The van der Waals surface area contributed by atoms with Crippen LogP contribution in [0.1, 0.15) is 24.3 Å². The van der Waals surface area contributed by atoms with Crippen LogP contribution in [0.3, 0.4) is 0 Å². The number of fused-ring (bicyclic) bond motifs is 1. The third kappa shape index (κ3) is 2.65. The van der Waals surface area contributed by atoms with Gasteiger partial charge in [-0.1, -0.05) is 11.6 Å². The number of imidazole rings is 1. The largest absolute Gasteiger partial charge is 0.487 e. The Bertz CT molecular complexity index is 707. The van der Waals surface area contributed by atoms with Crippen LogP contribution in [0, 0.1) is 0 Å². The van der Waals surface area contributed by atoms with Crippen LogP contribution >= 0.6 is 22.9 Å². The molecule has 0 unspecified atom stereocenters. The van der Waals surface area contributed by atoms with Crippen LogP contribution in [0.5, 0.6) is 5.75 Å². The summed E-state index contributed by atoms with van der Waals surface area (Å²) in [4.78, 5) is 5.39. The lowest BCUT2D eigenvalue weighted by molar-refractivity contribution is 0.190. The van der Waals surface area contributed by atoms with E-state index in [0.29, 0.717) is 22.9 Å². The summed E-state index contributed by atoms with van der Waals surface area (Å²) in [6, 6.07) is 5.23. The van der Waals surface area contributed by atoms with Crippen molar-refractivity contribution in [3.8, 4) is 5.75 Å². The molecule has 0 aliphatic carbocycles. The highest BCUT2D eigenvalue weighted by Gasteiger charge is 2.11. The Morgan fingerprint density at radius 1 is 1.50 bits per heavy atom. The fourth-order valence-electron chi connectivity index (χ4n) is 1.97. The third-order valence-corrected chi connectivity index (χ3v) is 3.95. The number of hydrogen-bond acceptors (Lipinski definition) is 4. The van der Waals surface area contributed by atoms with Gasteiger partial charge < -0.3 is 9.84 Å². The molecule has 0 aliphatic heterocycles. The van der Waals surface area contributed by atoms with E-state index in [-0.39, 0.29) is 0 Å². The van der Waals surface area contributed by atoms with Gasteiger partial charge >= 0.3 is 0 Å². The average molecular weight is 309 g/mol. The molecule has 1 aromatic carbocycles. The van der Waals surface area contributed by atoms with E-state index < -0.39 is 6.10 Å². The van der Waals surface area contributed by atoms with Gasteiger partial charge in [-0.3, -0.25) is 4.40 Å². The molecule has 1 atom stereocenters. The fourth-order valence-corrected chi connectivity index (χ4v) is 2.87. The van der Waals surface area contributed by atoms with Crippen LogP contribution in [0.25, 0.3) is 4.96 Å². The van der Waals surface area contributed by atoms with Crippen molar-refractivity contribution in [2.75, 3.05) is 0 Å². The van der Waals surface area contributed by atoms with E-state index in [1.54, 1.807) is 36.5 Å². The lowest BCUT2D eigenvalue weighted by Gasteiger charge is -2.13. The smallest absolute Gasteiger partial charge is 0.193 e. The van der Waals surface area contributed by atoms with Gasteiger partial charge in [0.2, 0.25) is 0 Å². The van der Waals surface area contributed by atoms with Crippen molar-refractivity contribution in [3.63, 3.8) is 0 Å². The van der Waals surface area contributed by atoms with E-state index in [1.807, 2.05) is 22.2 Å². The van der Waals surface area contributed by atoms with Crippen molar-refractivity contribution in [3.05, 3.63) is 52.3 Å². The maximum atomic E-state index is 9.75. The molecule has 3 aromatic rings. The Morgan fingerprint density at radius 2 is 2.35 bits per heavy atom. The van der Waals surface area contributed by atoms with Crippen LogP contribution < -0.4 is 4.74 Å². The molecule has 2 aromatic heterocycles. The number of aromatic nitrogens is 2. The Labute approximate surface area is 125 Å². The summed E-state index contributed by atoms with van der Waals surface area (Å²) in [6.07, 6.45) is 3.26. The monoisotopic (exact) mass is 308 g/mol. The van der Waals surface area contributed by atoms with Gasteiger partial charge in [-0.2, -0.15) is 0 Å². The first-order valence-corrected chi connectivity index (χ1v) is 7.40. The van der Waals surface area contributed by atoms with Crippen LogP contribution in [-0.4, -0.2) is 14.5 Å². The molecule has 6 heteroatoms. The quantitative estimate of drug-likeness (QED) is 0.799. The van der Waals surface area contributed by atoms with Crippen molar-refractivity contribution in [2.45, 2.75) is 19.6 Å². The van der Waals surface area contributed by atoms with Crippen LogP contribution in [-0.2, 0) is 6.61 Å². The van der Waals surface area contributed by atoms with Crippen molar-refractivity contribution in [2.24, 2.45) is 0 Å². The molecule has 0 bridgehead atoms. The second-order valence-corrected chi connectivity index (χ2v) is 5.78.